The molecule has 0 N–H and O–H groups in total. The van der Waals surface area contributed by atoms with E-state index in [-0.39, 0.29) is 0 Å². The zero-order chi connectivity index (χ0) is 6.57. The standard InChI is InChI=1S/C5H12S3/c1-4(7)5(3-6)8-2/h4-7H,3H2,1-2H3/t4-,5+/m1/s1. The Labute approximate surface area is 66.6 Å². The fourth-order valence-corrected chi connectivity index (χ4v) is 2.37. The Morgan fingerprint density at radius 2 is 2.12 bits per heavy atom. The Morgan fingerprint density at radius 3 is 2.12 bits per heavy atom. The Balaban J connectivity index is 3.35. The fraction of sp³-hybridized carbons (Fsp3) is 1.00. The van der Waals surface area contributed by atoms with Crippen LogP contribution in [0.3, 0.4) is 0 Å². The van der Waals surface area contributed by atoms with E-state index in [0.29, 0.717) is 10.5 Å². The van der Waals surface area contributed by atoms with Crippen LogP contribution < -0.4 is 0 Å². The first-order valence-electron chi connectivity index (χ1n) is 2.54. The minimum atomic E-state index is 0.461. The van der Waals surface area contributed by atoms with E-state index in [1.54, 1.807) is 0 Å². The lowest BCUT2D eigenvalue weighted by atomic mass is 10.4. The van der Waals surface area contributed by atoms with E-state index in [9.17, 15) is 0 Å². The van der Waals surface area contributed by atoms with Gasteiger partial charge in [0.2, 0.25) is 0 Å². The van der Waals surface area contributed by atoms with E-state index in [4.69, 9.17) is 0 Å². The second-order valence-electron chi connectivity index (χ2n) is 1.70. The third-order valence-electron chi connectivity index (χ3n) is 1.02. The smallest absolute Gasteiger partial charge is 0.0246 e. The Bertz CT molecular complexity index is 49.6. The van der Waals surface area contributed by atoms with E-state index in [1.165, 1.54) is 0 Å². The first-order valence-corrected chi connectivity index (χ1v) is 4.97. The highest BCUT2D eigenvalue weighted by atomic mass is 32.2. The molecule has 50 valence electrons. The first kappa shape index (κ1) is 9.05. The molecule has 0 unspecified atom stereocenters. The molecular formula is C5H12S3. The van der Waals surface area contributed by atoms with Gasteiger partial charge in [0, 0.05) is 16.3 Å². The van der Waals surface area contributed by atoms with Crippen LogP contribution in [-0.2, 0) is 0 Å². The van der Waals surface area contributed by atoms with Crippen LogP contribution >= 0.6 is 37.0 Å². The summed E-state index contributed by atoms with van der Waals surface area (Å²) in [6, 6.07) is 0. The maximum absolute atomic E-state index is 4.28. The third-order valence-corrected chi connectivity index (χ3v) is 3.40. The van der Waals surface area contributed by atoms with Gasteiger partial charge in [-0.05, 0) is 6.26 Å². The summed E-state index contributed by atoms with van der Waals surface area (Å²) in [5.74, 6) is 0.922. The Hall–Kier alpha value is 1.05. The predicted molar refractivity (Wildman–Crippen MR) is 49.6 cm³/mol. The highest BCUT2D eigenvalue weighted by Gasteiger charge is 2.08. The van der Waals surface area contributed by atoms with Crippen molar-refractivity contribution >= 4 is 37.0 Å². The molecule has 0 aromatic heterocycles. The first-order chi connectivity index (χ1) is 3.72. The molecule has 0 rings (SSSR count). The molecule has 0 saturated heterocycles. The van der Waals surface area contributed by atoms with Gasteiger partial charge in [0.25, 0.3) is 0 Å². The largest absolute Gasteiger partial charge is 0.178 e. The predicted octanol–water partition coefficient (Wildman–Crippen LogP) is 1.97. The lowest BCUT2D eigenvalue weighted by molar-refractivity contribution is 0.950. The second-order valence-corrected chi connectivity index (χ2v) is 3.95. The molecule has 0 aliphatic rings. The van der Waals surface area contributed by atoms with Crippen molar-refractivity contribution < 1.29 is 0 Å². The van der Waals surface area contributed by atoms with E-state index in [1.807, 2.05) is 11.8 Å². The molecule has 0 fully saturated rings. The molecule has 0 aromatic rings. The highest BCUT2D eigenvalue weighted by Crippen LogP contribution is 2.16. The molecule has 0 aliphatic carbocycles. The zero-order valence-electron chi connectivity index (χ0n) is 5.16. The van der Waals surface area contributed by atoms with Crippen molar-refractivity contribution in [2.45, 2.75) is 17.4 Å². The number of hydrogen-bond acceptors (Lipinski definition) is 3. The quantitative estimate of drug-likeness (QED) is 0.608. The van der Waals surface area contributed by atoms with Crippen LogP contribution in [0.1, 0.15) is 6.92 Å². The summed E-state index contributed by atoms with van der Waals surface area (Å²) in [5.41, 5.74) is 0. The molecule has 0 nitrogen and oxygen atoms in total. The maximum atomic E-state index is 4.28. The van der Waals surface area contributed by atoms with Gasteiger partial charge in [-0.25, -0.2) is 0 Å². The van der Waals surface area contributed by atoms with Crippen LogP contribution in [0.5, 0.6) is 0 Å². The Morgan fingerprint density at radius 1 is 1.62 bits per heavy atom. The van der Waals surface area contributed by atoms with Crippen molar-refractivity contribution in [2.24, 2.45) is 0 Å². The van der Waals surface area contributed by atoms with Gasteiger partial charge in [0.15, 0.2) is 0 Å². The van der Waals surface area contributed by atoms with Gasteiger partial charge < -0.3 is 0 Å². The summed E-state index contributed by atoms with van der Waals surface area (Å²) in [4.78, 5) is 0. The van der Waals surface area contributed by atoms with Gasteiger partial charge in [-0.3, -0.25) is 0 Å². The van der Waals surface area contributed by atoms with Gasteiger partial charge in [-0.1, -0.05) is 6.92 Å². The van der Waals surface area contributed by atoms with Gasteiger partial charge >= 0.3 is 0 Å². The van der Waals surface area contributed by atoms with Crippen molar-refractivity contribution in [3.8, 4) is 0 Å². The van der Waals surface area contributed by atoms with E-state index >= 15 is 0 Å². The Kier molecular flexibility index (Phi) is 5.53. The van der Waals surface area contributed by atoms with Crippen LogP contribution in [0.25, 0.3) is 0 Å². The van der Waals surface area contributed by atoms with Gasteiger partial charge in [-0.15, -0.1) is 0 Å². The molecule has 0 spiro atoms. The molecule has 0 aromatic carbocycles. The SMILES string of the molecule is CS[C@@H](CS)[C@@H](C)S. The van der Waals surface area contributed by atoms with Gasteiger partial charge in [0.05, 0.1) is 0 Å². The summed E-state index contributed by atoms with van der Waals surface area (Å²) in [6.45, 7) is 2.10. The molecule has 0 heterocycles. The van der Waals surface area contributed by atoms with Crippen molar-refractivity contribution in [1.82, 2.24) is 0 Å². The van der Waals surface area contributed by atoms with Gasteiger partial charge in [0.1, 0.15) is 0 Å². The summed E-state index contributed by atoms with van der Waals surface area (Å²) >= 11 is 10.3. The zero-order valence-corrected chi connectivity index (χ0v) is 7.77. The molecule has 0 saturated carbocycles. The molecule has 0 radical (unpaired) electrons. The minimum Gasteiger partial charge on any atom is -0.178 e. The highest BCUT2D eigenvalue weighted by molar-refractivity contribution is 8.00. The van der Waals surface area contributed by atoms with E-state index < -0.39 is 0 Å². The lowest BCUT2D eigenvalue weighted by Crippen LogP contribution is -2.15. The topological polar surface area (TPSA) is 0 Å². The third kappa shape index (κ3) is 3.15. The maximum Gasteiger partial charge on any atom is 0.0246 e. The molecule has 3 heteroatoms. The average Bonchev–Trinajstić information content (AvgIpc) is 1.69. The lowest BCUT2D eigenvalue weighted by Gasteiger charge is -2.13. The van der Waals surface area contributed by atoms with Crippen molar-refractivity contribution in [3.05, 3.63) is 0 Å². The normalized spacial score (nSPS) is 18.0. The van der Waals surface area contributed by atoms with Crippen LogP contribution in [0, 0.1) is 0 Å². The second kappa shape index (κ2) is 4.89. The van der Waals surface area contributed by atoms with E-state index in [2.05, 4.69) is 38.4 Å². The summed E-state index contributed by atoms with van der Waals surface area (Å²) in [5, 5.41) is 1.06. The monoisotopic (exact) mass is 168 g/mol. The number of thioether (sulfide) groups is 1. The number of rotatable bonds is 3. The summed E-state index contributed by atoms with van der Waals surface area (Å²) in [7, 11) is 0. The van der Waals surface area contributed by atoms with Crippen LogP contribution in [0.2, 0.25) is 0 Å². The van der Waals surface area contributed by atoms with Crippen molar-refractivity contribution in [1.29, 1.82) is 0 Å². The minimum absolute atomic E-state index is 0.461. The average molecular weight is 168 g/mol. The summed E-state index contributed by atoms with van der Waals surface area (Å²) < 4.78 is 0. The molecule has 0 aliphatic heterocycles. The molecule has 0 amide bonds. The van der Waals surface area contributed by atoms with Crippen molar-refractivity contribution in [3.63, 3.8) is 0 Å². The molecule has 0 bridgehead atoms. The van der Waals surface area contributed by atoms with Crippen LogP contribution in [-0.4, -0.2) is 22.5 Å². The van der Waals surface area contributed by atoms with Crippen LogP contribution in [0.15, 0.2) is 0 Å². The summed E-state index contributed by atoms with van der Waals surface area (Å²) in [6.07, 6.45) is 2.09. The molecule has 2 atom stereocenters. The molecule has 8 heavy (non-hydrogen) atoms. The van der Waals surface area contributed by atoms with Crippen molar-refractivity contribution in [2.75, 3.05) is 12.0 Å². The number of thiol groups is 2. The molecular weight excluding hydrogens is 156 g/mol. The number of hydrogen-bond donors (Lipinski definition) is 2. The van der Waals surface area contributed by atoms with E-state index in [0.717, 1.165) is 5.75 Å². The van der Waals surface area contributed by atoms with Crippen LogP contribution in [0.4, 0.5) is 0 Å². The van der Waals surface area contributed by atoms with Gasteiger partial charge in [-0.2, -0.15) is 37.0 Å². The fourth-order valence-electron chi connectivity index (χ4n) is 0.424.